The van der Waals surface area contributed by atoms with Gasteiger partial charge in [-0.2, -0.15) is 0 Å². The molecule has 0 saturated carbocycles. The van der Waals surface area contributed by atoms with E-state index >= 15 is 0 Å². The molecule has 1 aliphatic rings. The Labute approximate surface area is 148 Å². The van der Waals surface area contributed by atoms with E-state index in [0.717, 1.165) is 5.57 Å². The van der Waals surface area contributed by atoms with Crippen LogP contribution in [0.4, 0.5) is 0 Å². The van der Waals surface area contributed by atoms with Crippen LogP contribution in [0.25, 0.3) is 5.57 Å². The highest BCUT2D eigenvalue weighted by molar-refractivity contribution is 5.77. The van der Waals surface area contributed by atoms with Crippen molar-refractivity contribution in [3.05, 3.63) is 128 Å². The Balaban J connectivity index is 0.000000167. The lowest BCUT2D eigenvalue weighted by Crippen LogP contribution is -2.01. The molecule has 3 nitrogen and oxygen atoms in total. The Morgan fingerprint density at radius 1 is 0.720 bits per heavy atom. The van der Waals surface area contributed by atoms with E-state index in [4.69, 9.17) is 0 Å². The van der Waals surface area contributed by atoms with Crippen LogP contribution >= 0.6 is 0 Å². The predicted molar refractivity (Wildman–Crippen MR) is 104 cm³/mol. The molecule has 1 aromatic heterocycles. The molecule has 0 unspecified atom stereocenters. The van der Waals surface area contributed by atoms with Crippen LogP contribution in [-0.2, 0) is 4.84 Å². The van der Waals surface area contributed by atoms with Gasteiger partial charge >= 0.3 is 0 Å². The highest BCUT2D eigenvalue weighted by Crippen LogP contribution is 2.20. The Bertz CT molecular complexity index is 690. The first-order valence-electron chi connectivity index (χ1n) is 7.98. The van der Waals surface area contributed by atoms with E-state index in [1.54, 1.807) is 18.5 Å². The number of aromatic nitrogens is 1. The predicted octanol–water partition coefficient (Wildman–Crippen LogP) is 5.31. The van der Waals surface area contributed by atoms with Crippen molar-refractivity contribution in [3.8, 4) is 0 Å². The Kier molecular flexibility index (Phi) is 7.97. The first-order valence-corrected chi connectivity index (χ1v) is 7.98. The fraction of sp³-hybridized carbons (Fsp3) is 0. The van der Waals surface area contributed by atoms with Crippen molar-refractivity contribution in [2.24, 2.45) is 0 Å². The lowest BCUT2D eigenvalue weighted by molar-refractivity contribution is 0.172. The van der Waals surface area contributed by atoms with Gasteiger partial charge in [-0.3, -0.25) is 0 Å². The van der Waals surface area contributed by atoms with Crippen LogP contribution < -0.4 is 5.48 Å². The quantitative estimate of drug-likeness (QED) is 0.668. The molecule has 0 atom stereocenters. The van der Waals surface area contributed by atoms with Gasteiger partial charge < -0.3 is 9.82 Å². The van der Waals surface area contributed by atoms with Crippen molar-refractivity contribution in [2.45, 2.75) is 0 Å². The fourth-order valence-electron chi connectivity index (χ4n) is 1.98. The van der Waals surface area contributed by atoms with Crippen molar-refractivity contribution >= 4 is 5.57 Å². The first-order chi connectivity index (χ1) is 12.4. The summed E-state index contributed by atoms with van der Waals surface area (Å²) in [6, 6.07) is 24.4. The zero-order valence-electron chi connectivity index (χ0n) is 14.0. The van der Waals surface area contributed by atoms with Crippen molar-refractivity contribution in [3.63, 3.8) is 0 Å². The van der Waals surface area contributed by atoms with E-state index in [2.05, 4.69) is 46.1 Å². The highest BCUT2D eigenvalue weighted by atomic mass is 16.6. The van der Waals surface area contributed by atoms with E-state index < -0.39 is 0 Å². The molecule has 0 bridgehead atoms. The third-order valence-electron chi connectivity index (χ3n) is 3.23. The van der Waals surface area contributed by atoms with Gasteiger partial charge in [0, 0.05) is 18.6 Å². The Morgan fingerprint density at radius 2 is 1.28 bits per heavy atom. The van der Waals surface area contributed by atoms with E-state index in [1.807, 2.05) is 67.0 Å². The summed E-state index contributed by atoms with van der Waals surface area (Å²) in [6.45, 7) is 4.10. The molecule has 2 aromatic carbocycles. The van der Waals surface area contributed by atoms with Crippen LogP contribution in [0.2, 0.25) is 0 Å². The van der Waals surface area contributed by atoms with E-state index in [1.165, 1.54) is 11.1 Å². The summed E-state index contributed by atoms with van der Waals surface area (Å²) in [4.78, 5) is 7.41. The van der Waals surface area contributed by atoms with Crippen LogP contribution in [-0.4, -0.2) is 4.98 Å². The van der Waals surface area contributed by atoms with Gasteiger partial charge in [0.2, 0.25) is 0 Å². The molecule has 0 aliphatic carbocycles. The lowest BCUT2D eigenvalue weighted by Gasteiger charge is -2.04. The molecule has 3 aromatic rings. The second-order valence-electron chi connectivity index (χ2n) is 5.02. The number of hydrogen-bond acceptors (Lipinski definition) is 2. The van der Waals surface area contributed by atoms with Gasteiger partial charge in [-0.05, 0) is 41.0 Å². The van der Waals surface area contributed by atoms with Crippen LogP contribution in [0.3, 0.4) is 0 Å². The number of rotatable bonds is 2. The maximum absolute atomic E-state index is 4.55. The maximum atomic E-state index is 4.55. The minimum atomic E-state index is 1.08. The van der Waals surface area contributed by atoms with E-state index in [-0.39, 0.29) is 0 Å². The average molecular weight is 330 g/mol. The molecule has 0 amide bonds. The molecule has 4 rings (SSSR count). The van der Waals surface area contributed by atoms with Crippen LogP contribution in [0.1, 0.15) is 11.1 Å². The lowest BCUT2D eigenvalue weighted by atomic mass is 10.0. The third-order valence-corrected chi connectivity index (χ3v) is 3.23. The second kappa shape index (κ2) is 11.1. The number of aromatic amines is 1. The van der Waals surface area contributed by atoms with Crippen LogP contribution in [0.15, 0.2) is 116 Å². The third kappa shape index (κ3) is 7.10. The van der Waals surface area contributed by atoms with Gasteiger partial charge in [0.25, 0.3) is 0 Å². The van der Waals surface area contributed by atoms with Gasteiger partial charge in [-0.25, -0.2) is 5.48 Å². The van der Waals surface area contributed by atoms with Gasteiger partial charge in [-0.15, -0.1) is 0 Å². The monoisotopic (exact) mass is 330 g/mol. The Morgan fingerprint density at radius 3 is 1.56 bits per heavy atom. The van der Waals surface area contributed by atoms with Gasteiger partial charge in [0.05, 0.1) is 0 Å². The standard InChI is InChI=1S/C14H12.C4H5NO.C4H5N/c1-12(13-8-4-2-5-9-13)14-10-6-3-7-11-14;1-2-4-6-5-3-1;1-2-4-5-3-1/h2-11H,1H2;1-5H;1-5H. The molecular formula is C22H22N2O. The molecule has 1 aliphatic heterocycles. The molecule has 126 valence electrons. The van der Waals surface area contributed by atoms with Crippen molar-refractivity contribution in [1.82, 2.24) is 10.5 Å². The van der Waals surface area contributed by atoms with Crippen LogP contribution in [0, 0.1) is 0 Å². The molecule has 25 heavy (non-hydrogen) atoms. The number of hydrogen-bond donors (Lipinski definition) is 2. The van der Waals surface area contributed by atoms with E-state index in [0.29, 0.717) is 0 Å². The highest BCUT2D eigenvalue weighted by Gasteiger charge is 1.99. The molecule has 0 radical (unpaired) electrons. The number of nitrogens with one attached hydrogen (secondary N) is 2. The smallest absolute Gasteiger partial charge is 0.119 e. The van der Waals surface area contributed by atoms with Gasteiger partial charge in [0.15, 0.2) is 0 Å². The molecule has 2 N–H and O–H groups in total. The summed E-state index contributed by atoms with van der Waals surface area (Å²) >= 11 is 0. The van der Waals surface area contributed by atoms with Crippen LogP contribution in [0.5, 0.6) is 0 Å². The van der Waals surface area contributed by atoms with Gasteiger partial charge in [-0.1, -0.05) is 67.2 Å². The topological polar surface area (TPSA) is 37.0 Å². The molecular weight excluding hydrogens is 308 g/mol. The van der Waals surface area contributed by atoms with Gasteiger partial charge in [0.1, 0.15) is 6.26 Å². The number of hydroxylamine groups is 1. The average Bonchev–Trinajstić information content (AvgIpc) is 3.31. The van der Waals surface area contributed by atoms with Crippen molar-refractivity contribution in [1.29, 1.82) is 0 Å². The molecule has 3 heteroatoms. The van der Waals surface area contributed by atoms with E-state index in [9.17, 15) is 0 Å². The zero-order valence-corrected chi connectivity index (χ0v) is 14.0. The maximum Gasteiger partial charge on any atom is 0.119 e. The summed E-state index contributed by atoms with van der Waals surface area (Å²) in [5.41, 5.74) is 5.95. The number of benzene rings is 2. The van der Waals surface area contributed by atoms with Crippen molar-refractivity contribution in [2.75, 3.05) is 0 Å². The molecule has 0 fully saturated rings. The minimum Gasteiger partial charge on any atom is -0.391 e. The normalized spacial score (nSPS) is 10.9. The SMILES string of the molecule is C1=CNOC=C1.C=C(c1ccccc1)c1ccccc1.c1cc[nH]c1. The Hall–Kier alpha value is -3.46. The number of allylic oxidation sites excluding steroid dienone is 2. The van der Waals surface area contributed by atoms with Crippen molar-refractivity contribution < 1.29 is 4.84 Å². The summed E-state index contributed by atoms with van der Waals surface area (Å²) in [6.07, 6.45) is 10.7. The summed E-state index contributed by atoms with van der Waals surface area (Å²) < 4.78 is 0. The number of H-pyrrole nitrogens is 1. The molecule has 0 spiro atoms. The minimum absolute atomic E-state index is 1.08. The largest absolute Gasteiger partial charge is 0.391 e. The summed E-state index contributed by atoms with van der Waals surface area (Å²) in [5.74, 6) is 0. The first kappa shape index (κ1) is 17.9. The molecule has 2 heterocycles. The summed E-state index contributed by atoms with van der Waals surface area (Å²) in [5, 5.41) is 0. The zero-order chi connectivity index (χ0) is 17.6. The summed E-state index contributed by atoms with van der Waals surface area (Å²) in [7, 11) is 0. The fourth-order valence-corrected chi connectivity index (χ4v) is 1.98. The molecule has 0 saturated heterocycles. The second-order valence-corrected chi connectivity index (χ2v) is 5.02.